The van der Waals surface area contributed by atoms with Gasteiger partial charge in [-0.15, -0.1) is 0 Å². The third kappa shape index (κ3) is 5.10. The van der Waals surface area contributed by atoms with Crippen LogP contribution in [0.3, 0.4) is 0 Å². The number of aliphatic hydroxyl groups excluding tert-OH is 1. The number of amides is 1. The quantitative estimate of drug-likeness (QED) is 0.502. The number of hydrogen-bond acceptors (Lipinski definition) is 4. The number of allylic oxidation sites excluding steroid dienone is 1. The Morgan fingerprint density at radius 3 is 2.64 bits per heavy atom. The van der Waals surface area contributed by atoms with E-state index in [0.29, 0.717) is 12.8 Å². The highest BCUT2D eigenvalue weighted by Crippen LogP contribution is 2.27. The van der Waals surface area contributed by atoms with Gasteiger partial charge in [-0.25, -0.2) is 0 Å². The Kier molecular flexibility index (Phi) is 7.55. The molecule has 1 fully saturated rings. The number of aliphatic hydroxyl groups is 1. The lowest BCUT2D eigenvalue weighted by molar-refractivity contribution is -0.139. The van der Waals surface area contributed by atoms with Gasteiger partial charge in [0.25, 0.3) is 0 Å². The molecule has 1 heterocycles. The smallest absolute Gasteiger partial charge is 0.320 e. The van der Waals surface area contributed by atoms with Gasteiger partial charge < -0.3 is 15.5 Å². The molecule has 1 rings (SSSR count). The molecule has 0 saturated carbocycles. The fourth-order valence-electron chi connectivity index (χ4n) is 3.08. The third-order valence-corrected chi connectivity index (χ3v) is 4.13. The maximum atomic E-state index is 11.5. The van der Waals surface area contributed by atoms with Gasteiger partial charge in [-0.2, -0.15) is 0 Å². The predicted molar refractivity (Wildman–Crippen MR) is 84.4 cm³/mol. The molecule has 5 atom stereocenters. The largest absolute Gasteiger partial charge is 0.480 e. The molecule has 0 bridgehead atoms. The Morgan fingerprint density at radius 1 is 1.45 bits per heavy atom. The molecular weight excluding hydrogens is 284 g/mol. The number of aliphatic carboxylic acids is 1. The second-order valence-corrected chi connectivity index (χ2v) is 5.94. The van der Waals surface area contributed by atoms with Crippen LogP contribution in [0.1, 0.15) is 46.5 Å². The minimum atomic E-state index is -0.901. The van der Waals surface area contributed by atoms with E-state index in [1.807, 2.05) is 26.0 Å². The van der Waals surface area contributed by atoms with Gasteiger partial charge in [0.05, 0.1) is 12.1 Å². The summed E-state index contributed by atoms with van der Waals surface area (Å²) >= 11 is 0. The first-order chi connectivity index (χ1) is 10.4. The van der Waals surface area contributed by atoms with Gasteiger partial charge in [0.2, 0.25) is 5.91 Å². The summed E-state index contributed by atoms with van der Waals surface area (Å²) in [5.74, 6) is -1.15. The summed E-state index contributed by atoms with van der Waals surface area (Å²) < 4.78 is 0. The van der Waals surface area contributed by atoms with Crippen LogP contribution in [0.2, 0.25) is 0 Å². The van der Waals surface area contributed by atoms with Crippen molar-refractivity contribution in [3.8, 4) is 0 Å². The van der Waals surface area contributed by atoms with E-state index in [-0.39, 0.29) is 17.9 Å². The molecule has 1 saturated heterocycles. The van der Waals surface area contributed by atoms with Crippen molar-refractivity contribution in [1.29, 1.82) is 0 Å². The number of nitrogens with one attached hydrogen (secondary N) is 2. The zero-order valence-electron chi connectivity index (χ0n) is 13.6. The molecule has 1 amide bonds. The average Bonchev–Trinajstić information content (AvgIpc) is 2.86. The first-order valence-electron chi connectivity index (χ1n) is 7.97. The van der Waals surface area contributed by atoms with Crippen LogP contribution in [-0.2, 0) is 9.59 Å². The van der Waals surface area contributed by atoms with E-state index >= 15 is 0 Å². The normalized spacial score (nSPS) is 27.7. The van der Waals surface area contributed by atoms with Crippen LogP contribution in [0.25, 0.3) is 0 Å². The molecular formula is C16H28N2O4. The summed E-state index contributed by atoms with van der Waals surface area (Å²) in [6.07, 6.45) is 6.00. The number of carboxylic acid groups (broad SMARTS) is 1. The van der Waals surface area contributed by atoms with Crippen molar-refractivity contribution in [2.24, 2.45) is 5.92 Å². The lowest BCUT2D eigenvalue weighted by Crippen LogP contribution is -2.56. The molecule has 0 unspecified atom stereocenters. The monoisotopic (exact) mass is 312 g/mol. The number of carbonyl (C=O) groups excluding carboxylic acids is 1. The highest BCUT2D eigenvalue weighted by molar-refractivity contribution is 5.75. The molecule has 0 aromatic heterocycles. The Labute approximate surface area is 132 Å². The molecule has 0 spiro atoms. The van der Waals surface area contributed by atoms with Gasteiger partial charge in [-0.05, 0) is 25.7 Å². The highest BCUT2D eigenvalue weighted by Gasteiger charge is 2.42. The summed E-state index contributed by atoms with van der Waals surface area (Å²) in [7, 11) is 0. The van der Waals surface area contributed by atoms with E-state index < -0.39 is 24.2 Å². The summed E-state index contributed by atoms with van der Waals surface area (Å²) in [6.45, 7) is 5.33. The minimum Gasteiger partial charge on any atom is -0.480 e. The van der Waals surface area contributed by atoms with Crippen molar-refractivity contribution in [2.45, 2.75) is 70.7 Å². The Balaban J connectivity index is 2.93. The van der Waals surface area contributed by atoms with Crippen LogP contribution >= 0.6 is 0 Å². The molecule has 1 aliphatic heterocycles. The van der Waals surface area contributed by atoms with Gasteiger partial charge in [0, 0.05) is 13.0 Å². The number of hydrogen-bond donors (Lipinski definition) is 4. The molecule has 4 N–H and O–H groups in total. The lowest BCUT2D eigenvalue weighted by atomic mass is 9.88. The van der Waals surface area contributed by atoms with E-state index in [9.17, 15) is 19.8 Å². The fraction of sp³-hybridized carbons (Fsp3) is 0.750. The molecule has 22 heavy (non-hydrogen) atoms. The fourth-order valence-corrected chi connectivity index (χ4v) is 3.08. The number of carbonyl (C=O) groups is 2. The van der Waals surface area contributed by atoms with Crippen molar-refractivity contribution in [3.63, 3.8) is 0 Å². The second kappa shape index (κ2) is 8.90. The Morgan fingerprint density at radius 2 is 2.14 bits per heavy atom. The van der Waals surface area contributed by atoms with Crippen LogP contribution in [-0.4, -0.2) is 46.3 Å². The van der Waals surface area contributed by atoms with Crippen molar-refractivity contribution in [3.05, 3.63) is 12.2 Å². The van der Waals surface area contributed by atoms with Crippen molar-refractivity contribution < 1.29 is 19.8 Å². The summed E-state index contributed by atoms with van der Waals surface area (Å²) in [5, 5.41) is 25.5. The zero-order chi connectivity index (χ0) is 16.7. The van der Waals surface area contributed by atoms with E-state index in [0.717, 1.165) is 12.8 Å². The Hall–Kier alpha value is -1.40. The third-order valence-electron chi connectivity index (χ3n) is 4.13. The maximum absolute atomic E-state index is 11.5. The number of rotatable bonds is 8. The molecule has 0 radical (unpaired) electrons. The topological polar surface area (TPSA) is 98.7 Å². The SMILES string of the molecule is C/C=C\[C@@H]1C[C@H](C(=O)O)N[C@H]1[C@@H](NC(C)=O)[C@@H](O)CCCC. The van der Waals surface area contributed by atoms with E-state index in [1.165, 1.54) is 6.92 Å². The van der Waals surface area contributed by atoms with Crippen LogP contribution in [0, 0.1) is 5.92 Å². The van der Waals surface area contributed by atoms with Crippen LogP contribution in [0.5, 0.6) is 0 Å². The summed E-state index contributed by atoms with van der Waals surface area (Å²) in [5.41, 5.74) is 0. The first-order valence-corrected chi connectivity index (χ1v) is 7.97. The summed E-state index contributed by atoms with van der Waals surface area (Å²) in [6, 6.07) is -1.43. The van der Waals surface area contributed by atoms with Gasteiger partial charge in [0.1, 0.15) is 6.04 Å². The molecule has 6 nitrogen and oxygen atoms in total. The first kappa shape index (κ1) is 18.6. The van der Waals surface area contributed by atoms with Crippen molar-refractivity contribution in [1.82, 2.24) is 10.6 Å². The van der Waals surface area contributed by atoms with Gasteiger partial charge in [-0.1, -0.05) is 31.9 Å². The molecule has 1 aliphatic rings. The molecule has 0 aromatic carbocycles. The molecule has 0 aliphatic carbocycles. The van der Waals surface area contributed by atoms with E-state index in [2.05, 4.69) is 10.6 Å². The van der Waals surface area contributed by atoms with Crippen LogP contribution < -0.4 is 10.6 Å². The van der Waals surface area contributed by atoms with Crippen molar-refractivity contribution in [2.75, 3.05) is 0 Å². The van der Waals surface area contributed by atoms with E-state index in [4.69, 9.17) is 0 Å². The van der Waals surface area contributed by atoms with Gasteiger partial charge in [-0.3, -0.25) is 14.9 Å². The number of unbranched alkanes of at least 4 members (excludes halogenated alkanes) is 1. The van der Waals surface area contributed by atoms with Crippen LogP contribution in [0.15, 0.2) is 12.2 Å². The lowest BCUT2D eigenvalue weighted by Gasteiger charge is -2.32. The van der Waals surface area contributed by atoms with Gasteiger partial charge >= 0.3 is 5.97 Å². The highest BCUT2D eigenvalue weighted by atomic mass is 16.4. The molecule has 126 valence electrons. The van der Waals surface area contributed by atoms with Crippen molar-refractivity contribution >= 4 is 11.9 Å². The predicted octanol–water partition coefficient (Wildman–Crippen LogP) is 1.05. The number of carboxylic acids is 1. The molecule has 0 aromatic rings. The van der Waals surface area contributed by atoms with Gasteiger partial charge in [0.15, 0.2) is 0 Å². The second-order valence-electron chi connectivity index (χ2n) is 5.94. The van der Waals surface area contributed by atoms with E-state index in [1.54, 1.807) is 0 Å². The summed E-state index contributed by atoms with van der Waals surface area (Å²) in [4.78, 5) is 22.7. The Bertz CT molecular complexity index is 411. The molecule has 6 heteroatoms. The zero-order valence-corrected chi connectivity index (χ0v) is 13.6. The standard InChI is InChI=1S/C16H28N2O4/c1-4-6-8-13(20)15(17-10(3)19)14-11(7-5-2)9-12(18-14)16(21)22/h5,7,11-15,18,20H,4,6,8-9H2,1-3H3,(H,17,19)(H,21,22)/b7-5-/t11-,12-,13+,14-,15+/m1/s1. The minimum absolute atomic E-state index is 0.0285. The average molecular weight is 312 g/mol. The van der Waals surface area contributed by atoms with Crippen LogP contribution in [0.4, 0.5) is 0 Å². The maximum Gasteiger partial charge on any atom is 0.320 e.